The molecule has 2 unspecified atom stereocenters. The number of para-hydroxylation sites is 1. The van der Waals surface area contributed by atoms with E-state index in [0.717, 1.165) is 0 Å². The lowest BCUT2D eigenvalue weighted by Crippen LogP contribution is -2.14. The molecule has 0 amide bonds. The van der Waals surface area contributed by atoms with E-state index in [-0.39, 0.29) is 17.5 Å². The summed E-state index contributed by atoms with van der Waals surface area (Å²) in [5.41, 5.74) is 0.211. The normalized spacial score (nSPS) is 14.3. The maximum atomic E-state index is 10.8. The van der Waals surface area contributed by atoms with Crippen molar-refractivity contribution in [3.8, 4) is 0 Å². The minimum atomic E-state index is -0.929. The molecular formula is C11H15NO4S. The van der Waals surface area contributed by atoms with Crippen molar-refractivity contribution >= 4 is 17.4 Å². The molecular weight excluding hydrogens is 242 g/mol. The van der Waals surface area contributed by atoms with Gasteiger partial charge in [-0.05, 0) is 18.7 Å². The highest BCUT2D eigenvalue weighted by Gasteiger charge is 2.22. The molecule has 94 valence electrons. The summed E-state index contributed by atoms with van der Waals surface area (Å²) in [7, 11) is 0. The Morgan fingerprint density at radius 2 is 2.12 bits per heavy atom. The Kier molecular flexibility index (Phi) is 5.40. The van der Waals surface area contributed by atoms with Gasteiger partial charge >= 0.3 is 0 Å². The fourth-order valence-corrected chi connectivity index (χ4v) is 2.08. The molecule has 0 bridgehead atoms. The first-order valence-electron chi connectivity index (χ1n) is 5.15. The van der Waals surface area contributed by atoms with E-state index in [9.17, 15) is 15.2 Å². The van der Waals surface area contributed by atoms with Gasteiger partial charge in [-0.2, -0.15) is 11.8 Å². The zero-order chi connectivity index (χ0) is 12.8. The largest absolute Gasteiger partial charge is 0.395 e. The highest BCUT2D eigenvalue weighted by molar-refractivity contribution is 7.99. The van der Waals surface area contributed by atoms with Crippen LogP contribution in [0.2, 0.25) is 0 Å². The van der Waals surface area contributed by atoms with Crippen LogP contribution < -0.4 is 0 Å². The molecule has 0 saturated heterocycles. The van der Waals surface area contributed by atoms with E-state index in [1.54, 1.807) is 12.1 Å². The minimum absolute atomic E-state index is 0.0567. The van der Waals surface area contributed by atoms with Crippen molar-refractivity contribution in [2.75, 3.05) is 12.9 Å². The molecule has 0 aliphatic carbocycles. The molecule has 0 fully saturated rings. The maximum absolute atomic E-state index is 10.8. The molecule has 1 rings (SSSR count). The second-order valence-electron chi connectivity index (χ2n) is 3.61. The van der Waals surface area contributed by atoms with Crippen molar-refractivity contribution in [2.24, 2.45) is 0 Å². The van der Waals surface area contributed by atoms with Gasteiger partial charge in [-0.15, -0.1) is 0 Å². The Morgan fingerprint density at radius 3 is 2.65 bits per heavy atom. The number of nitro benzene ring substituents is 1. The average molecular weight is 257 g/mol. The summed E-state index contributed by atoms with van der Waals surface area (Å²) in [6, 6.07) is 6.12. The molecule has 1 aromatic rings. The number of rotatable bonds is 6. The van der Waals surface area contributed by atoms with Crippen molar-refractivity contribution in [1.82, 2.24) is 0 Å². The lowest BCUT2D eigenvalue weighted by atomic mass is 10.0. The fourth-order valence-electron chi connectivity index (χ4n) is 1.56. The summed E-state index contributed by atoms with van der Waals surface area (Å²) in [5.74, 6) is 0. The van der Waals surface area contributed by atoms with E-state index in [4.69, 9.17) is 5.11 Å². The molecule has 2 N–H and O–H groups in total. The molecule has 2 atom stereocenters. The lowest BCUT2D eigenvalue weighted by Gasteiger charge is -2.16. The highest BCUT2D eigenvalue weighted by atomic mass is 32.2. The van der Waals surface area contributed by atoms with Gasteiger partial charge in [0.05, 0.1) is 23.2 Å². The van der Waals surface area contributed by atoms with Crippen molar-refractivity contribution in [1.29, 1.82) is 0 Å². The van der Waals surface area contributed by atoms with Crippen LogP contribution in [0.5, 0.6) is 0 Å². The van der Waals surface area contributed by atoms with Crippen molar-refractivity contribution < 1.29 is 15.1 Å². The lowest BCUT2D eigenvalue weighted by molar-refractivity contribution is -0.386. The predicted octanol–water partition coefficient (Wildman–Crippen LogP) is 1.74. The quantitative estimate of drug-likeness (QED) is 0.599. The van der Waals surface area contributed by atoms with Gasteiger partial charge in [-0.25, -0.2) is 0 Å². The van der Waals surface area contributed by atoms with E-state index in [1.807, 2.05) is 6.26 Å². The predicted molar refractivity (Wildman–Crippen MR) is 67.1 cm³/mol. The third-order valence-electron chi connectivity index (χ3n) is 2.52. The van der Waals surface area contributed by atoms with Crippen LogP contribution >= 0.6 is 11.8 Å². The summed E-state index contributed by atoms with van der Waals surface area (Å²) in [4.78, 5) is 10.3. The maximum Gasteiger partial charge on any atom is 0.275 e. The van der Waals surface area contributed by atoms with Gasteiger partial charge in [0.2, 0.25) is 0 Å². The van der Waals surface area contributed by atoms with Gasteiger partial charge in [0, 0.05) is 11.3 Å². The van der Waals surface area contributed by atoms with Gasteiger partial charge in [-0.3, -0.25) is 10.1 Å². The van der Waals surface area contributed by atoms with Crippen LogP contribution in [-0.4, -0.2) is 33.2 Å². The Morgan fingerprint density at radius 1 is 1.47 bits per heavy atom. The Hall–Kier alpha value is -1.11. The first-order valence-corrected chi connectivity index (χ1v) is 6.44. The molecule has 0 spiro atoms. The number of aliphatic hydroxyl groups excluding tert-OH is 2. The van der Waals surface area contributed by atoms with E-state index in [1.165, 1.54) is 23.9 Å². The monoisotopic (exact) mass is 257 g/mol. The Bertz CT molecular complexity index is 381. The van der Waals surface area contributed by atoms with Crippen molar-refractivity contribution in [3.05, 3.63) is 39.9 Å². The molecule has 0 saturated carbocycles. The summed E-state index contributed by atoms with van der Waals surface area (Å²) in [6.07, 6.45) is 1.19. The minimum Gasteiger partial charge on any atom is -0.395 e. The average Bonchev–Trinajstić information content (AvgIpc) is 2.35. The molecule has 0 aliphatic rings. The van der Waals surface area contributed by atoms with Gasteiger partial charge in [0.15, 0.2) is 0 Å². The second kappa shape index (κ2) is 6.58. The second-order valence-corrected chi connectivity index (χ2v) is 4.75. The topological polar surface area (TPSA) is 83.6 Å². The van der Waals surface area contributed by atoms with E-state index < -0.39 is 11.0 Å². The molecule has 0 aliphatic heterocycles. The summed E-state index contributed by atoms with van der Waals surface area (Å²) >= 11 is 1.43. The number of nitrogens with zero attached hydrogens (tertiary/aromatic N) is 1. The SMILES string of the molecule is CSC(CO)CC(O)c1ccccc1[N+](=O)[O-]. The van der Waals surface area contributed by atoms with Crippen LogP contribution in [0.15, 0.2) is 24.3 Å². The van der Waals surface area contributed by atoms with Crippen LogP contribution in [-0.2, 0) is 0 Å². The standard InChI is InChI=1S/C11H15NO4S/c1-17-8(7-13)6-11(14)9-4-2-3-5-10(9)12(15)16/h2-5,8,11,13-14H,6-7H2,1H3. The van der Waals surface area contributed by atoms with Gasteiger partial charge in [0.1, 0.15) is 0 Å². The van der Waals surface area contributed by atoms with Crippen LogP contribution in [0.1, 0.15) is 18.1 Å². The van der Waals surface area contributed by atoms with Crippen molar-refractivity contribution in [3.63, 3.8) is 0 Å². The fraction of sp³-hybridized carbons (Fsp3) is 0.455. The zero-order valence-corrected chi connectivity index (χ0v) is 10.3. The molecule has 0 radical (unpaired) electrons. The number of hydrogen-bond donors (Lipinski definition) is 2. The van der Waals surface area contributed by atoms with Crippen molar-refractivity contribution in [2.45, 2.75) is 17.8 Å². The number of thioether (sulfide) groups is 1. The van der Waals surface area contributed by atoms with E-state index in [2.05, 4.69) is 0 Å². The molecule has 0 aromatic heterocycles. The molecule has 1 aromatic carbocycles. The van der Waals surface area contributed by atoms with Gasteiger partial charge in [-0.1, -0.05) is 12.1 Å². The van der Waals surface area contributed by atoms with Crippen LogP contribution in [0.25, 0.3) is 0 Å². The van der Waals surface area contributed by atoms with E-state index >= 15 is 0 Å². The third kappa shape index (κ3) is 3.69. The number of nitro groups is 1. The summed E-state index contributed by atoms with van der Waals surface area (Å²) in [6.45, 7) is -0.0567. The van der Waals surface area contributed by atoms with Gasteiger partial charge < -0.3 is 10.2 Å². The molecule has 5 nitrogen and oxygen atoms in total. The van der Waals surface area contributed by atoms with E-state index in [0.29, 0.717) is 12.0 Å². The number of hydrogen-bond acceptors (Lipinski definition) is 5. The number of aliphatic hydroxyl groups is 2. The third-order valence-corrected chi connectivity index (χ3v) is 3.52. The van der Waals surface area contributed by atoms with Crippen LogP contribution in [0, 0.1) is 10.1 Å². The Labute approximate surface area is 104 Å². The van der Waals surface area contributed by atoms with Crippen LogP contribution in [0.3, 0.4) is 0 Å². The van der Waals surface area contributed by atoms with Crippen LogP contribution in [0.4, 0.5) is 5.69 Å². The summed E-state index contributed by atoms with van der Waals surface area (Å²) < 4.78 is 0. The molecule has 0 heterocycles. The van der Waals surface area contributed by atoms with Gasteiger partial charge in [0.25, 0.3) is 5.69 Å². The first kappa shape index (κ1) is 14.0. The number of benzene rings is 1. The highest BCUT2D eigenvalue weighted by Crippen LogP contribution is 2.29. The smallest absolute Gasteiger partial charge is 0.275 e. The Balaban J connectivity index is 2.88. The zero-order valence-electron chi connectivity index (χ0n) is 9.44. The molecule has 17 heavy (non-hydrogen) atoms. The molecule has 6 heteroatoms. The summed E-state index contributed by atoms with van der Waals surface area (Å²) in [5, 5.41) is 29.7. The first-order chi connectivity index (χ1) is 8.10.